The van der Waals surface area contributed by atoms with Gasteiger partial charge >= 0.3 is 0 Å². The van der Waals surface area contributed by atoms with Gasteiger partial charge in [0.15, 0.2) is 0 Å². The first kappa shape index (κ1) is 17.2. The monoisotopic (exact) mass is 340 g/mol. The number of hydrogen-bond donors (Lipinski definition) is 1. The Morgan fingerprint density at radius 3 is 2.55 bits per heavy atom. The fourth-order valence-electron chi connectivity index (χ4n) is 1.95. The van der Waals surface area contributed by atoms with Crippen molar-refractivity contribution in [3.05, 3.63) is 40.8 Å². The molecule has 0 saturated heterocycles. The standard InChI is InChI=1S/C16H21FN2OS2/c1-10(19-22(20)16(3,4)5)12-6-7-13(14(17)8-12)15-11(2)18-9-21-15/h6-10,19H,1-5H3/t10-,22+/m0/s1. The van der Waals surface area contributed by atoms with E-state index in [1.165, 1.54) is 17.4 Å². The highest BCUT2D eigenvalue weighted by Crippen LogP contribution is 2.31. The van der Waals surface area contributed by atoms with Gasteiger partial charge in [0.1, 0.15) is 5.82 Å². The molecule has 0 bridgehead atoms. The summed E-state index contributed by atoms with van der Waals surface area (Å²) >= 11 is 1.43. The van der Waals surface area contributed by atoms with Crippen LogP contribution >= 0.6 is 11.3 Å². The van der Waals surface area contributed by atoms with E-state index in [1.54, 1.807) is 11.6 Å². The van der Waals surface area contributed by atoms with Crippen LogP contribution < -0.4 is 4.72 Å². The molecule has 0 saturated carbocycles. The van der Waals surface area contributed by atoms with Crippen LogP contribution in [-0.2, 0) is 11.0 Å². The zero-order valence-electron chi connectivity index (χ0n) is 13.4. The topological polar surface area (TPSA) is 42.0 Å². The minimum absolute atomic E-state index is 0.189. The maximum Gasteiger partial charge on any atom is 0.132 e. The van der Waals surface area contributed by atoms with Crippen molar-refractivity contribution in [2.45, 2.75) is 45.4 Å². The molecule has 0 aliphatic carbocycles. The average Bonchev–Trinajstić information content (AvgIpc) is 2.83. The lowest BCUT2D eigenvalue weighted by atomic mass is 10.0. The second-order valence-corrected chi connectivity index (χ2v) is 9.08. The first-order valence-corrected chi connectivity index (χ1v) is 9.11. The van der Waals surface area contributed by atoms with E-state index in [2.05, 4.69) is 9.71 Å². The number of rotatable bonds is 4. The number of thiazole rings is 1. The van der Waals surface area contributed by atoms with Gasteiger partial charge in [-0.15, -0.1) is 11.3 Å². The molecular formula is C16H21FN2OS2. The molecule has 0 unspecified atom stereocenters. The summed E-state index contributed by atoms with van der Waals surface area (Å²) in [6.45, 7) is 9.46. The summed E-state index contributed by atoms with van der Waals surface area (Å²) in [4.78, 5) is 5.01. The molecule has 0 spiro atoms. The predicted molar refractivity (Wildman–Crippen MR) is 91.7 cm³/mol. The number of nitrogens with one attached hydrogen (secondary N) is 1. The highest BCUT2D eigenvalue weighted by molar-refractivity contribution is 7.84. The number of aryl methyl sites for hydroxylation is 1. The Labute approximate surface area is 137 Å². The molecule has 0 aliphatic rings. The maximum absolute atomic E-state index is 14.4. The first-order chi connectivity index (χ1) is 10.2. The maximum atomic E-state index is 14.4. The van der Waals surface area contributed by atoms with Crippen LogP contribution in [-0.4, -0.2) is 13.9 Å². The molecule has 120 valence electrons. The summed E-state index contributed by atoms with van der Waals surface area (Å²) in [5.41, 5.74) is 3.89. The van der Waals surface area contributed by atoms with Crippen LogP contribution in [0.15, 0.2) is 23.7 Å². The summed E-state index contributed by atoms with van der Waals surface area (Å²) in [6, 6.07) is 4.95. The Balaban J connectivity index is 2.23. The number of benzene rings is 1. The van der Waals surface area contributed by atoms with Crippen molar-refractivity contribution in [2.24, 2.45) is 0 Å². The van der Waals surface area contributed by atoms with Gasteiger partial charge in [-0.1, -0.05) is 12.1 Å². The van der Waals surface area contributed by atoms with E-state index in [9.17, 15) is 8.60 Å². The SMILES string of the molecule is Cc1ncsc1-c1ccc([C@H](C)N[S@](=O)C(C)(C)C)cc1F. The zero-order chi connectivity index (χ0) is 16.5. The summed E-state index contributed by atoms with van der Waals surface area (Å²) in [7, 11) is -1.19. The second kappa shape index (κ2) is 6.56. The molecule has 2 atom stereocenters. The van der Waals surface area contributed by atoms with Gasteiger partial charge in [0.2, 0.25) is 0 Å². The van der Waals surface area contributed by atoms with Crippen LogP contribution in [0.3, 0.4) is 0 Å². The molecule has 2 aromatic rings. The van der Waals surface area contributed by atoms with Crippen molar-refractivity contribution >= 4 is 22.3 Å². The lowest BCUT2D eigenvalue weighted by Gasteiger charge is -2.22. The third-order valence-corrected chi connectivity index (χ3v) is 5.97. The third-order valence-electron chi connectivity index (χ3n) is 3.32. The zero-order valence-corrected chi connectivity index (χ0v) is 15.1. The Morgan fingerprint density at radius 2 is 2.05 bits per heavy atom. The first-order valence-electron chi connectivity index (χ1n) is 7.08. The minimum Gasteiger partial charge on any atom is -0.249 e. The van der Waals surface area contributed by atoms with Crippen LogP contribution in [0, 0.1) is 12.7 Å². The average molecular weight is 340 g/mol. The van der Waals surface area contributed by atoms with Crippen molar-refractivity contribution in [2.75, 3.05) is 0 Å². The summed E-state index contributed by atoms with van der Waals surface area (Å²) < 4.78 is 29.2. The predicted octanol–water partition coefficient (Wildman–Crippen LogP) is 4.37. The number of aromatic nitrogens is 1. The van der Waals surface area contributed by atoms with E-state index >= 15 is 0 Å². The van der Waals surface area contributed by atoms with Crippen LogP contribution in [0.1, 0.15) is 45.0 Å². The van der Waals surface area contributed by atoms with E-state index in [1.807, 2.05) is 40.7 Å². The van der Waals surface area contributed by atoms with Crippen LogP contribution in [0.2, 0.25) is 0 Å². The molecule has 1 aromatic carbocycles. The van der Waals surface area contributed by atoms with Crippen molar-refractivity contribution in [1.82, 2.24) is 9.71 Å². The van der Waals surface area contributed by atoms with Gasteiger partial charge in [-0.3, -0.25) is 0 Å². The fraction of sp³-hybridized carbons (Fsp3) is 0.438. The van der Waals surface area contributed by atoms with Crippen molar-refractivity contribution in [1.29, 1.82) is 0 Å². The molecule has 3 nitrogen and oxygen atoms in total. The van der Waals surface area contributed by atoms with Crippen molar-refractivity contribution in [3.63, 3.8) is 0 Å². The normalized spacial score (nSPS) is 14.8. The van der Waals surface area contributed by atoms with Gasteiger partial charge in [0, 0.05) is 11.6 Å². The molecule has 2 rings (SSSR count). The van der Waals surface area contributed by atoms with E-state index in [-0.39, 0.29) is 16.6 Å². The molecule has 0 radical (unpaired) electrons. The molecule has 0 aliphatic heterocycles. The fourth-order valence-corrected chi connectivity index (χ4v) is 3.59. The Kier molecular flexibility index (Phi) is 5.14. The lowest BCUT2D eigenvalue weighted by molar-refractivity contribution is 0.607. The van der Waals surface area contributed by atoms with Gasteiger partial charge in [0.25, 0.3) is 0 Å². The van der Waals surface area contributed by atoms with Gasteiger partial charge in [-0.05, 0) is 46.2 Å². The molecule has 6 heteroatoms. The Hall–Kier alpha value is -1.11. The van der Waals surface area contributed by atoms with Gasteiger partial charge in [0.05, 0.1) is 31.8 Å². The number of nitrogens with zero attached hydrogens (tertiary/aromatic N) is 1. The highest BCUT2D eigenvalue weighted by Gasteiger charge is 2.22. The molecular weight excluding hydrogens is 319 g/mol. The molecule has 0 fully saturated rings. The summed E-state index contributed by atoms with van der Waals surface area (Å²) in [6.07, 6.45) is 0. The van der Waals surface area contributed by atoms with Crippen molar-refractivity contribution < 1.29 is 8.60 Å². The molecule has 0 amide bonds. The molecule has 1 aromatic heterocycles. The van der Waals surface area contributed by atoms with E-state index < -0.39 is 11.0 Å². The molecule has 22 heavy (non-hydrogen) atoms. The summed E-state index contributed by atoms with van der Waals surface area (Å²) in [5, 5.41) is 0. The smallest absolute Gasteiger partial charge is 0.132 e. The van der Waals surface area contributed by atoms with Crippen LogP contribution in [0.4, 0.5) is 4.39 Å². The largest absolute Gasteiger partial charge is 0.249 e. The van der Waals surface area contributed by atoms with Gasteiger partial charge in [-0.2, -0.15) is 0 Å². The van der Waals surface area contributed by atoms with Crippen LogP contribution in [0.5, 0.6) is 0 Å². The second-order valence-electron chi connectivity index (χ2n) is 6.23. The number of halogens is 1. The van der Waals surface area contributed by atoms with E-state index in [0.29, 0.717) is 5.56 Å². The third kappa shape index (κ3) is 3.80. The summed E-state index contributed by atoms with van der Waals surface area (Å²) in [5.74, 6) is -0.278. The van der Waals surface area contributed by atoms with E-state index in [0.717, 1.165) is 16.1 Å². The van der Waals surface area contributed by atoms with Gasteiger partial charge < -0.3 is 0 Å². The van der Waals surface area contributed by atoms with E-state index in [4.69, 9.17) is 0 Å². The van der Waals surface area contributed by atoms with Crippen LogP contribution in [0.25, 0.3) is 10.4 Å². The Bertz CT molecular complexity index is 692. The lowest BCUT2D eigenvalue weighted by Crippen LogP contribution is -2.34. The highest BCUT2D eigenvalue weighted by atomic mass is 32.2. The molecule has 1 N–H and O–H groups in total. The van der Waals surface area contributed by atoms with Crippen molar-refractivity contribution in [3.8, 4) is 10.4 Å². The van der Waals surface area contributed by atoms with Gasteiger partial charge in [-0.25, -0.2) is 18.3 Å². The minimum atomic E-state index is -1.19. The Morgan fingerprint density at radius 1 is 1.36 bits per heavy atom. The number of hydrogen-bond acceptors (Lipinski definition) is 3. The molecule has 1 heterocycles. The quantitative estimate of drug-likeness (QED) is 0.898.